The van der Waals surface area contributed by atoms with E-state index >= 15 is 0 Å². The van der Waals surface area contributed by atoms with Crippen LogP contribution < -0.4 is 5.32 Å². The van der Waals surface area contributed by atoms with Gasteiger partial charge in [-0.1, -0.05) is 29.8 Å². The molecule has 0 radical (unpaired) electrons. The highest BCUT2D eigenvalue weighted by Crippen LogP contribution is 2.36. The Morgan fingerprint density at radius 2 is 2.27 bits per heavy atom. The van der Waals surface area contributed by atoms with Gasteiger partial charge in [0.05, 0.1) is 18.8 Å². The fourth-order valence-electron chi connectivity index (χ4n) is 2.26. The number of methoxy groups -OCH3 is 1. The van der Waals surface area contributed by atoms with Gasteiger partial charge in [0, 0.05) is 28.8 Å². The second kappa shape index (κ2) is 7.34. The van der Waals surface area contributed by atoms with Crippen LogP contribution in [0.15, 0.2) is 35.5 Å². The number of thioether (sulfide) groups is 1. The molecule has 1 N–H and O–H groups in total. The first kappa shape index (κ1) is 16.4. The Kier molecular flexibility index (Phi) is 5.47. The Morgan fingerprint density at radius 1 is 1.55 bits per heavy atom. The summed E-state index contributed by atoms with van der Waals surface area (Å²) < 4.78 is 4.55. The second-order valence-electron chi connectivity index (χ2n) is 4.57. The molecular formula is C15H13ClN2O3S. The van der Waals surface area contributed by atoms with Gasteiger partial charge in [0.15, 0.2) is 0 Å². The van der Waals surface area contributed by atoms with Crippen molar-refractivity contribution in [1.29, 1.82) is 5.26 Å². The maximum atomic E-state index is 11.9. The number of carbonyl (C=O) groups is 2. The van der Waals surface area contributed by atoms with Gasteiger partial charge in [-0.15, -0.1) is 0 Å². The number of nitrogens with zero attached hydrogens (tertiary/aromatic N) is 1. The summed E-state index contributed by atoms with van der Waals surface area (Å²) in [5, 5.41) is 12.2. The van der Waals surface area contributed by atoms with E-state index in [4.69, 9.17) is 11.6 Å². The predicted octanol–water partition coefficient (Wildman–Crippen LogP) is 3.22. The highest BCUT2D eigenvalue weighted by atomic mass is 35.5. The minimum absolute atomic E-state index is 0.152. The van der Waals surface area contributed by atoms with E-state index in [9.17, 15) is 14.9 Å². The third-order valence-electron chi connectivity index (χ3n) is 3.26. The lowest BCUT2D eigenvalue weighted by molar-refractivity contribution is -0.121. The molecule has 0 aromatic heterocycles. The Balaban J connectivity index is 2.37. The molecule has 7 heteroatoms. The average molecular weight is 337 g/mol. The molecule has 1 aromatic carbocycles. The molecule has 1 unspecified atom stereocenters. The lowest BCUT2D eigenvalue weighted by Gasteiger charge is -2.25. The lowest BCUT2D eigenvalue weighted by Crippen LogP contribution is -2.33. The maximum Gasteiger partial charge on any atom is 0.367 e. The van der Waals surface area contributed by atoms with E-state index in [1.54, 1.807) is 18.2 Å². The van der Waals surface area contributed by atoms with Gasteiger partial charge in [-0.05, 0) is 23.4 Å². The zero-order valence-electron chi connectivity index (χ0n) is 11.8. The fourth-order valence-corrected chi connectivity index (χ4v) is 3.13. The van der Waals surface area contributed by atoms with Gasteiger partial charge in [-0.2, -0.15) is 5.26 Å². The standard InChI is InChI=1S/C15H13ClN2O3S/c1-21-15(20)22-8-13-11(7-17)10(6-14(19)18-13)9-4-2-3-5-12(9)16/h2-5,10H,6,8H2,1H3,(H,18,19). The zero-order valence-corrected chi connectivity index (χ0v) is 13.3. The number of hydrogen-bond acceptors (Lipinski definition) is 5. The van der Waals surface area contributed by atoms with E-state index in [1.165, 1.54) is 7.11 Å². The van der Waals surface area contributed by atoms with Crippen LogP contribution in [0.3, 0.4) is 0 Å². The van der Waals surface area contributed by atoms with Crippen LogP contribution in [0.25, 0.3) is 0 Å². The maximum absolute atomic E-state index is 11.9. The molecule has 0 fully saturated rings. The first-order valence-electron chi connectivity index (χ1n) is 6.45. The van der Waals surface area contributed by atoms with Crippen molar-refractivity contribution < 1.29 is 14.3 Å². The number of carbonyl (C=O) groups excluding carboxylic acids is 2. The van der Waals surface area contributed by atoms with Crippen LogP contribution in [0, 0.1) is 11.3 Å². The summed E-state index contributed by atoms with van der Waals surface area (Å²) in [4.78, 5) is 23.2. The van der Waals surface area contributed by atoms with Crippen molar-refractivity contribution in [2.45, 2.75) is 12.3 Å². The summed E-state index contributed by atoms with van der Waals surface area (Å²) in [6.45, 7) is 0. The SMILES string of the molecule is COC(=O)SCC1=C(C#N)C(c2ccccc2Cl)CC(=O)N1. The van der Waals surface area contributed by atoms with E-state index < -0.39 is 11.2 Å². The van der Waals surface area contributed by atoms with Crippen molar-refractivity contribution >= 4 is 34.6 Å². The summed E-state index contributed by atoms with van der Waals surface area (Å²) in [5.74, 6) is -0.437. The Labute approximate surface area is 137 Å². The number of rotatable bonds is 3. The van der Waals surface area contributed by atoms with Gasteiger partial charge in [0.2, 0.25) is 5.91 Å². The molecule has 1 aromatic rings. The Hall–Kier alpha value is -1.97. The van der Waals surface area contributed by atoms with Crippen LogP contribution in [0.1, 0.15) is 17.9 Å². The normalized spacial score (nSPS) is 17.7. The van der Waals surface area contributed by atoms with Crippen molar-refractivity contribution in [3.05, 3.63) is 46.1 Å². The number of ether oxygens (including phenoxy) is 1. The molecule has 0 spiro atoms. The highest BCUT2D eigenvalue weighted by molar-refractivity contribution is 8.13. The molecule has 22 heavy (non-hydrogen) atoms. The van der Waals surface area contributed by atoms with Crippen LogP contribution in [0.2, 0.25) is 5.02 Å². The van der Waals surface area contributed by atoms with Crippen LogP contribution in [0.5, 0.6) is 0 Å². The van der Waals surface area contributed by atoms with Gasteiger partial charge in [-0.25, -0.2) is 4.79 Å². The molecule has 5 nitrogen and oxygen atoms in total. The lowest BCUT2D eigenvalue weighted by atomic mass is 9.85. The molecule has 1 amide bonds. The van der Waals surface area contributed by atoms with E-state index in [2.05, 4.69) is 16.1 Å². The number of allylic oxidation sites excluding steroid dienone is 1. The third kappa shape index (κ3) is 3.62. The van der Waals surface area contributed by atoms with Crippen molar-refractivity contribution in [3.8, 4) is 6.07 Å². The molecule has 1 aliphatic heterocycles. The molecule has 1 atom stereocenters. The third-order valence-corrected chi connectivity index (χ3v) is 4.44. The molecule has 114 valence electrons. The minimum Gasteiger partial charge on any atom is -0.461 e. The van der Waals surface area contributed by atoms with E-state index in [0.717, 1.165) is 17.3 Å². The second-order valence-corrected chi connectivity index (χ2v) is 5.89. The largest absolute Gasteiger partial charge is 0.461 e. The summed E-state index contributed by atoms with van der Waals surface area (Å²) in [6.07, 6.45) is 0.152. The Bertz CT molecular complexity index is 682. The van der Waals surface area contributed by atoms with Crippen LogP contribution in [-0.4, -0.2) is 24.1 Å². The number of benzene rings is 1. The van der Waals surface area contributed by atoms with Crippen LogP contribution in [0.4, 0.5) is 4.79 Å². The van der Waals surface area contributed by atoms with E-state index in [-0.39, 0.29) is 18.1 Å². The molecule has 0 bridgehead atoms. The number of nitriles is 1. The monoisotopic (exact) mass is 336 g/mol. The summed E-state index contributed by atoms with van der Waals surface area (Å²) in [6, 6.07) is 9.26. The zero-order chi connectivity index (χ0) is 16.1. The van der Waals surface area contributed by atoms with Crippen LogP contribution in [-0.2, 0) is 9.53 Å². The van der Waals surface area contributed by atoms with Crippen molar-refractivity contribution in [2.24, 2.45) is 0 Å². The minimum atomic E-state index is -0.473. The number of amides is 1. The van der Waals surface area contributed by atoms with E-state index in [0.29, 0.717) is 16.3 Å². The summed E-state index contributed by atoms with van der Waals surface area (Å²) in [7, 11) is 1.28. The molecule has 0 aliphatic carbocycles. The van der Waals surface area contributed by atoms with E-state index in [1.807, 2.05) is 6.07 Å². The van der Waals surface area contributed by atoms with Gasteiger partial charge in [-0.3, -0.25) is 4.79 Å². The van der Waals surface area contributed by atoms with Crippen molar-refractivity contribution in [1.82, 2.24) is 5.32 Å². The molecular weight excluding hydrogens is 324 g/mol. The first-order valence-corrected chi connectivity index (χ1v) is 7.81. The van der Waals surface area contributed by atoms with Crippen molar-refractivity contribution in [3.63, 3.8) is 0 Å². The topological polar surface area (TPSA) is 79.2 Å². The number of hydrogen-bond donors (Lipinski definition) is 1. The Morgan fingerprint density at radius 3 is 2.91 bits per heavy atom. The van der Waals surface area contributed by atoms with Gasteiger partial charge < -0.3 is 10.1 Å². The van der Waals surface area contributed by atoms with Gasteiger partial charge in [0.1, 0.15) is 0 Å². The smallest absolute Gasteiger partial charge is 0.367 e. The highest BCUT2D eigenvalue weighted by Gasteiger charge is 2.30. The molecule has 0 saturated heterocycles. The molecule has 1 heterocycles. The number of nitrogens with one attached hydrogen (secondary N) is 1. The van der Waals surface area contributed by atoms with Gasteiger partial charge in [0.25, 0.3) is 0 Å². The molecule has 1 aliphatic rings. The first-order chi connectivity index (χ1) is 10.6. The average Bonchev–Trinajstić information content (AvgIpc) is 2.52. The quantitative estimate of drug-likeness (QED) is 0.857. The predicted molar refractivity (Wildman–Crippen MR) is 84.5 cm³/mol. The van der Waals surface area contributed by atoms with Crippen LogP contribution >= 0.6 is 23.4 Å². The summed E-state index contributed by atoms with van der Waals surface area (Å²) in [5.41, 5.74) is 1.58. The van der Waals surface area contributed by atoms with Crippen molar-refractivity contribution in [2.75, 3.05) is 12.9 Å². The molecule has 0 saturated carbocycles. The summed E-state index contributed by atoms with van der Waals surface area (Å²) >= 11 is 7.07. The fraction of sp³-hybridized carbons (Fsp3) is 0.267. The molecule has 2 rings (SSSR count). The number of halogens is 1. The van der Waals surface area contributed by atoms with Gasteiger partial charge >= 0.3 is 5.30 Å².